The van der Waals surface area contributed by atoms with Gasteiger partial charge in [0.05, 0.1) is 12.2 Å². The van der Waals surface area contributed by atoms with Gasteiger partial charge in [-0.1, -0.05) is 0 Å². The SMILES string of the molecule is CC(C)(C)N1CC[C@@H](O)[C@@H](O)CC1. The van der Waals surface area contributed by atoms with Crippen LogP contribution >= 0.6 is 0 Å². The standard InChI is InChI=1S/C10H21NO2/c1-10(2,3)11-6-4-8(12)9(13)5-7-11/h8-9,12-13H,4-7H2,1-3H3/t8-,9+. The first kappa shape index (κ1) is 11.0. The Morgan fingerprint density at radius 2 is 1.38 bits per heavy atom. The predicted molar refractivity (Wildman–Crippen MR) is 52.6 cm³/mol. The molecule has 0 aliphatic carbocycles. The molecule has 2 N–H and O–H groups in total. The number of likely N-dealkylation sites (tertiary alicyclic amines) is 1. The maximum atomic E-state index is 9.46. The molecule has 1 rings (SSSR count). The van der Waals surface area contributed by atoms with Crippen molar-refractivity contribution < 1.29 is 10.2 Å². The second kappa shape index (κ2) is 3.95. The van der Waals surface area contributed by atoms with Gasteiger partial charge < -0.3 is 10.2 Å². The Kier molecular flexibility index (Phi) is 3.33. The molecular formula is C10H21NO2. The van der Waals surface area contributed by atoms with Crippen molar-refractivity contribution >= 4 is 0 Å². The molecule has 0 radical (unpaired) electrons. The molecule has 3 heteroatoms. The topological polar surface area (TPSA) is 43.7 Å². The van der Waals surface area contributed by atoms with E-state index in [4.69, 9.17) is 0 Å². The molecule has 1 aliphatic rings. The molecular weight excluding hydrogens is 166 g/mol. The Hall–Kier alpha value is -0.120. The van der Waals surface area contributed by atoms with Crippen LogP contribution in [-0.2, 0) is 0 Å². The molecule has 0 spiro atoms. The number of nitrogens with zero attached hydrogens (tertiary/aromatic N) is 1. The molecule has 0 amide bonds. The smallest absolute Gasteiger partial charge is 0.0811 e. The van der Waals surface area contributed by atoms with E-state index >= 15 is 0 Å². The normalized spacial score (nSPS) is 33.0. The molecule has 0 bridgehead atoms. The van der Waals surface area contributed by atoms with Gasteiger partial charge >= 0.3 is 0 Å². The van der Waals surface area contributed by atoms with Crippen molar-refractivity contribution in [2.45, 2.75) is 51.4 Å². The van der Waals surface area contributed by atoms with E-state index in [2.05, 4.69) is 25.7 Å². The quantitative estimate of drug-likeness (QED) is 0.584. The highest BCUT2D eigenvalue weighted by Gasteiger charge is 2.28. The van der Waals surface area contributed by atoms with Crippen LogP contribution in [0, 0.1) is 0 Å². The van der Waals surface area contributed by atoms with Crippen molar-refractivity contribution in [3.63, 3.8) is 0 Å². The largest absolute Gasteiger partial charge is 0.390 e. The molecule has 0 unspecified atom stereocenters. The van der Waals surface area contributed by atoms with Gasteiger partial charge in [0.15, 0.2) is 0 Å². The van der Waals surface area contributed by atoms with E-state index in [9.17, 15) is 10.2 Å². The lowest BCUT2D eigenvalue weighted by molar-refractivity contribution is 0.0187. The van der Waals surface area contributed by atoms with E-state index in [1.165, 1.54) is 0 Å². The minimum Gasteiger partial charge on any atom is -0.390 e. The molecule has 1 saturated heterocycles. The van der Waals surface area contributed by atoms with Crippen molar-refractivity contribution in [1.82, 2.24) is 4.90 Å². The Morgan fingerprint density at radius 3 is 1.69 bits per heavy atom. The first-order valence-electron chi connectivity index (χ1n) is 5.02. The van der Waals surface area contributed by atoms with Gasteiger partial charge in [-0.2, -0.15) is 0 Å². The maximum absolute atomic E-state index is 9.46. The van der Waals surface area contributed by atoms with Crippen LogP contribution in [0.1, 0.15) is 33.6 Å². The Labute approximate surface area is 80.4 Å². The third-order valence-electron chi connectivity index (χ3n) is 2.78. The van der Waals surface area contributed by atoms with E-state index in [0.29, 0.717) is 12.8 Å². The van der Waals surface area contributed by atoms with Crippen LogP contribution in [0.15, 0.2) is 0 Å². The highest BCUT2D eigenvalue weighted by atomic mass is 16.3. The second-order valence-electron chi connectivity index (χ2n) is 4.87. The minimum atomic E-state index is -0.535. The molecule has 1 heterocycles. The number of hydrogen-bond donors (Lipinski definition) is 2. The fraction of sp³-hybridized carbons (Fsp3) is 1.00. The van der Waals surface area contributed by atoms with Gasteiger partial charge in [-0.25, -0.2) is 0 Å². The molecule has 1 fully saturated rings. The molecule has 0 aromatic rings. The monoisotopic (exact) mass is 187 g/mol. The molecule has 0 saturated carbocycles. The summed E-state index contributed by atoms with van der Waals surface area (Å²) in [6.45, 7) is 8.24. The van der Waals surface area contributed by atoms with Crippen molar-refractivity contribution in [3.8, 4) is 0 Å². The molecule has 3 nitrogen and oxygen atoms in total. The molecule has 13 heavy (non-hydrogen) atoms. The van der Waals surface area contributed by atoms with Crippen LogP contribution in [0.25, 0.3) is 0 Å². The third-order valence-corrected chi connectivity index (χ3v) is 2.78. The minimum absolute atomic E-state index is 0.143. The number of aliphatic hydroxyl groups excluding tert-OH is 2. The summed E-state index contributed by atoms with van der Waals surface area (Å²) in [6, 6.07) is 0. The van der Waals surface area contributed by atoms with Crippen molar-refractivity contribution in [1.29, 1.82) is 0 Å². The number of rotatable bonds is 0. The van der Waals surface area contributed by atoms with E-state index in [0.717, 1.165) is 13.1 Å². The molecule has 0 aromatic heterocycles. The second-order valence-corrected chi connectivity index (χ2v) is 4.87. The summed E-state index contributed by atoms with van der Waals surface area (Å²) in [5.41, 5.74) is 0.143. The first-order chi connectivity index (χ1) is 5.91. The van der Waals surface area contributed by atoms with Gasteiger partial charge in [-0.3, -0.25) is 4.90 Å². The summed E-state index contributed by atoms with van der Waals surface area (Å²) in [6.07, 6.45) is 0.288. The summed E-state index contributed by atoms with van der Waals surface area (Å²) in [5.74, 6) is 0. The van der Waals surface area contributed by atoms with Crippen LogP contribution in [0.3, 0.4) is 0 Å². The summed E-state index contributed by atoms with van der Waals surface area (Å²) in [5, 5.41) is 18.9. The van der Waals surface area contributed by atoms with Gasteiger partial charge in [0.1, 0.15) is 0 Å². The van der Waals surface area contributed by atoms with E-state index in [-0.39, 0.29) is 5.54 Å². The van der Waals surface area contributed by atoms with Crippen LogP contribution < -0.4 is 0 Å². The average Bonchev–Trinajstić information content (AvgIpc) is 2.14. The van der Waals surface area contributed by atoms with Crippen LogP contribution in [-0.4, -0.2) is 45.9 Å². The first-order valence-corrected chi connectivity index (χ1v) is 5.02. The van der Waals surface area contributed by atoms with Crippen LogP contribution in [0.5, 0.6) is 0 Å². The van der Waals surface area contributed by atoms with E-state index < -0.39 is 12.2 Å². The van der Waals surface area contributed by atoms with Gasteiger partial charge in [-0.15, -0.1) is 0 Å². The highest BCUT2D eigenvalue weighted by molar-refractivity contribution is 4.82. The summed E-state index contributed by atoms with van der Waals surface area (Å²) in [7, 11) is 0. The summed E-state index contributed by atoms with van der Waals surface area (Å²) < 4.78 is 0. The molecule has 78 valence electrons. The molecule has 2 atom stereocenters. The lowest BCUT2D eigenvalue weighted by Gasteiger charge is -2.34. The number of aliphatic hydroxyl groups is 2. The zero-order chi connectivity index (χ0) is 10.1. The number of hydrogen-bond acceptors (Lipinski definition) is 3. The van der Waals surface area contributed by atoms with Gasteiger partial charge in [0.2, 0.25) is 0 Å². The van der Waals surface area contributed by atoms with E-state index in [1.807, 2.05) is 0 Å². The summed E-state index contributed by atoms with van der Waals surface area (Å²) in [4.78, 5) is 2.31. The van der Waals surface area contributed by atoms with E-state index in [1.54, 1.807) is 0 Å². The maximum Gasteiger partial charge on any atom is 0.0811 e. The fourth-order valence-corrected chi connectivity index (χ4v) is 1.74. The zero-order valence-corrected chi connectivity index (χ0v) is 8.82. The zero-order valence-electron chi connectivity index (χ0n) is 8.82. The van der Waals surface area contributed by atoms with Crippen molar-refractivity contribution in [3.05, 3.63) is 0 Å². The fourth-order valence-electron chi connectivity index (χ4n) is 1.74. The Bertz CT molecular complexity index is 153. The Morgan fingerprint density at radius 1 is 1.00 bits per heavy atom. The third kappa shape index (κ3) is 2.93. The van der Waals surface area contributed by atoms with Crippen molar-refractivity contribution in [2.75, 3.05) is 13.1 Å². The Balaban J connectivity index is 2.54. The van der Waals surface area contributed by atoms with Crippen LogP contribution in [0.2, 0.25) is 0 Å². The van der Waals surface area contributed by atoms with Gasteiger partial charge in [0.25, 0.3) is 0 Å². The van der Waals surface area contributed by atoms with Gasteiger partial charge in [-0.05, 0) is 33.6 Å². The summed E-state index contributed by atoms with van der Waals surface area (Å²) >= 11 is 0. The highest BCUT2D eigenvalue weighted by Crippen LogP contribution is 2.19. The molecule has 1 aliphatic heterocycles. The lowest BCUT2D eigenvalue weighted by Crippen LogP contribution is -2.42. The average molecular weight is 187 g/mol. The van der Waals surface area contributed by atoms with Crippen LogP contribution in [0.4, 0.5) is 0 Å². The molecule has 0 aromatic carbocycles. The van der Waals surface area contributed by atoms with Gasteiger partial charge in [0, 0.05) is 18.6 Å². The van der Waals surface area contributed by atoms with Crippen molar-refractivity contribution in [2.24, 2.45) is 0 Å². The predicted octanol–water partition coefficient (Wildman–Crippen LogP) is 0.603. The lowest BCUT2D eigenvalue weighted by atomic mass is 10.1.